The Morgan fingerprint density at radius 1 is 1.19 bits per heavy atom. The smallest absolute Gasteiger partial charge is 0.308 e. The van der Waals surface area contributed by atoms with E-state index in [0.717, 1.165) is 0 Å². The van der Waals surface area contributed by atoms with Crippen LogP contribution in [0, 0.1) is 0 Å². The van der Waals surface area contributed by atoms with Crippen LogP contribution in [0.15, 0.2) is 56.9 Å². The first-order valence-electron chi connectivity index (χ1n) is 7.50. The normalized spacial score (nSPS) is 14.6. The van der Waals surface area contributed by atoms with Gasteiger partial charge in [-0.3, -0.25) is 10.2 Å². The molecule has 2 aromatic carbocycles. The minimum Gasteiger partial charge on any atom is -0.493 e. The summed E-state index contributed by atoms with van der Waals surface area (Å²) in [7, 11) is -2.24. The van der Waals surface area contributed by atoms with Crippen molar-refractivity contribution in [3.8, 4) is 11.5 Å². The predicted molar refractivity (Wildman–Crippen MR) is 95.2 cm³/mol. The van der Waals surface area contributed by atoms with Gasteiger partial charge in [-0.25, -0.2) is 0 Å². The first-order valence-corrected chi connectivity index (χ1v) is 8.94. The highest BCUT2D eigenvalue weighted by molar-refractivity contribution is 7.90. The summed E-state index contributed by atoms with van der Waals surface area (Å²) in [4.78, 5) is 11.3. The Bertz CT molecular complexity index is 1030. The third kappa shape index (κ3) is 3.57. The zero-order chi connectivity index (χ0) is 18.7. The van der Waals surface area contributed by atoms with Crippen LogP contribution in [0.4, 0.5) is 0 Å². The number of hydrogen-bond donors (Lipinski definition) is 1. The Kier molecular flexibility index (Phi) is 4.72. The van der Waals surface area contributed by atoms with E-state index in [-0.39, 0.29) is 16.5 Å². The van der Waals surface area contributed by atoms with Gasteiger partial charge in [-0.2, -0.15) is 13.5 Å². The Morgan fingerprint density at radius 3 is 2.69 bits per heavy atom. The van der Waals surface area contributed by atoms with Gasteiger partial charge in [0.05, 0.1) is 13.3 Å². The molecule has 2 aromatic rings. The number of fused-ring (bicyclic) bond motifs is 1. The van der Waals surface area contributed by atoms with Crippen LogP contribution in [0.25, 0.3) is 0 Å². The maximum absolute atomic E-state index is 12.0. The molecular weight excluding hydrogens is 358 g/mol. The number of carbonyl (C=O) groups is 1. The third-order valence-corrected chi connectivity index (χ3v) is 4.79. The lowest BCUT2D eigenvalue weighted by atomic mass is 10.2. The van der Waals surface area contributed by atoms with Crippen LogP contribution < -0.4 is 14.9 Å². The van der Waals surface area contributed by atoms with Crippen molar-refractivity contribution >= 4 is 28.0 Å². The summed E-state index contributed by atoms with van der Waals surface area (Å²) in [6.45, 7) is 1.29. The first kappa shape index (κ1) is 17.6. The number of benzene rings is 2. The van der Waals surface area contributed by atoms with E-state index in [1.807, 2.05) is 0 Å². The van der Waals surface area contributed by atoms with Gasteiger partial charge in [-0.1, -0.05) is 12.1 Å². The molecule has 8 nitrogen and oxygen atoms in total. The third-order valence-electron chi connectivity index (χ3n) is 3.46. The van der Waals surface area contributed by atoms with Crippen LogP contribution in [0.5, 0.6) is 11.5 Å². The number of amidine groups is 1. The van der Waals surface area contributed by atoms with Gasteiger partial charge in [0, 0.05) is 12.5 Å². The number of ether oxygens (including phenoxy) is 2. The molecule has 0 radical (unpaired) electrons. The molecule has 1 aliphatic rings. The zero-order valence-electron chi connectivity index (χ0n) is 14.0. The lowest BCUT2D eigenvalue weighted by molar-refractivity contribution is -0.132. The molecule has 0 fully saturated rings. The van der Waals surface area contributed by atoms with Crippen molar-refractivity contribution in [2.24, 2.45) is 9.50 Å². The SMILES string of the molecule is COc1ccc(/C=N\NC2=NS(=O)(=O)c3ccccc32)cc1OC(C)=O. The van der Waals surface area contributed by atoms with Crippen LogP contribution in [-0.4, -0.2) is 33.5 Å². The fourth-order valence-electron chi connectivity index (χ4n) is 2.36. The summed E-state index contributed by atoms with van der Waals surface area (Å²) in [6.07, 6.45) is 1.45. The van der Waals surface area contributed by atoms with Gasteiger partial charge in [-0.15, -0.1) is 4.40 Å². The second-order valence-corrected chi connectivity index (χ2v) is 6.86. The summed E-state index contributed by atoms with van der Waals surface area (Å²) in [5.41, 5.74) is 3.71. The monoisotopic (exact) mass is 373 g/mol. The molecule has 0 saturated heterocycles. The van der Waals surface area contributed by atoms with E-state index in [4.69, 9.17) is 9.47 Å². The van der Waals surface area contributed by atoms with Crippen molar-refractivity contribution < 1.29 is 22.7 Å². The Balaban J connectivity index is 1.81. The molecule has 9 heteroatoms. The summed E-state index contributed by atoms with van der Waals surface area (Å²) in [5.74, 6) is 0.337. The van der Waals surface area contributed by atoms with Crippen LogP contribution in [0.1, 0.15) is 18.1 Å². The quantitative estimate of drug-likeness (QED) is 0.378. The maximum Gasteiger partial charge on any atom is 0.308 e. The van der Waals surface area contributed by atoms with Crippen LogP contribution in [0.2, 0.25) is 0 Å². The van der Waals surface area contributed by atoms with Crippen molar-refractivity contribution in [2.45, 2.75) is 11.8 Å². The number of nitrogens with zero attached hydrogens (tertiary/aromatic N) is 2. The molecule has 0 aromatic heterocycles. The largest absolute Gasteiger partial charge is 0.493 e. The number of carbonyl (C=O) groups excluding carboxylic acids is 1. The number of hydrogen-bond acceptors (Lipinski definition) is 7. The molecule has 1 heterocycles. The second-order valence-electron chi connectivity index (χ2n) is 5.29. The van der Waals surface area contributed by atoms with E-state index in [2.05, 4.69) is 14.9 Å². The molecular formula is C17H15N3O5S. The molecule has 3 rings (SSSR count). The Hall–Kier alpha value is -3.20. The van der Waals surface area contributed by atoms with E-state index >= 15 is 0 Å². The molecule has 0 atom stereocenters. The molecule has 0 aliphatic carbocycles. The topological polar surface area (TPSA) is 106 Å². The van der Waals surface area contributed by atoms with E-state index in [1.165, 1.54) is 26.3 Å². The number of rotatable bonds is 4. The van der Waals surface area contributed by atoms with Crippen molar-refractivity contribution in [2.75, 3.05) is 7.11 Å². The number of sulfonamides is 1. The molecule has 0 saturated carbocycles. The van der Waals surface area contributed by atoms with E-state index < -0.39 is 16.0 Å². The number of nitrogens with one attached hydrogen (secondary N) is 1. The summed E-state index contributed by atoms with van der Waals surface area (Å²) >= 11 is 0. The highest BCUT2D eigenvalue weighted by Gasteiger charge is 2.28. The van der Waals surface area contributed by atoms with Crippen LogP contribution in [-0.2, 0) is 14.8 Å². The predicted octanol–water partition coefficient (Wildman–Crippen LogP) is 1.69. The summed E-state index contributed by atoms with van der Waals surface area (Å²) in [5, 5.41) is 4.01. The molecule has 0 unspecified atom stereocenters. The fraction of sp³-hybridized carbons (Fsp3) is 0.118. The van der Waals surface area contributed by atoms with Crippen LogP contribution >= 0.6 is 0 Å². The summed E-state index contributed by atoms with van der Waals surface area (Å²) in [6, 6.07) is 11.4. The van der Waals surface area contributed by atoms with Gasteiger partial charge in [0.25, 0.3) is 10.0 Å². The van der Waals surface area contributed by atoms with Crippen molar-refractivity contribution in [1.29, 1.82) is 0 Å². The van der Waals surface area contributed by atoms with Gasteiger partial charge in [0.15, 0.2) is 17.3 Å². The molecule has 134 valence electrons. The zero-order valence-corrected chi connectivity index (χ0v) is 14.8. The minimum absolute atomic E-state index is 0.138. The van der Waals surface area contributed by atoms with Gasteiger partial charge in [-0.05, 0) is 35.9 Å². The maximum atomic E-state index is 12.0. The van der Waals surface area contributed by atoms with Crippen molar-refractivity contribution in [1.82, 2.24) is 5.43 Å². The second kappa shape index (κ2) is 6.96. The first-order chi connectivity index (χ1) is 12.4. The lowest BCUT2D eigenvalue weighted by Gasteiger charge is -2.08. The highest BCUT2D eigenvalue weighted by Crippen LogP contribution is 2.28. The summed E-state index contributed by atoms with van der Waals surface area (Å²) < 4.78 is 37.8. The van der Waals surface area contributed by atoms with Crippen molar-refractivity contribution in [3.63, 3.8) is 0 Å². The molecule has 1 aliphatic heterocycles. The standard InChI is InChI=1S/C17H15N3O5S/c1-11(21)25-15-9-12(7-8-14(15)24-2)10-18-19-17-13-5-3-4-6-16(13)26(22,23)20-17/h3-10H,1-2H3,(H,19,20)/b18-10-. The highest BCUT2D eigenvalue weighted by atomic mass is 32.2. The van der Waals surface area contributed by atoms with Crippen LogP contribution in [0.3, 0.4) is 0 Å². The fourth-order valence-corrected chi connectivity index (χ4v) is 3.53. The van der Waals surface area contributed by atoms with E-state index in [9.17, 15) is 13.2 Å². The average molecular weight is 373 g/mol. The molecule has 1 N–H and O–H groups in total. The Morgan fingerprint density at radius 2 is 1.96 bits per heavy atom. The van der Waals surface area contributed by atoms with E-state index in [0.29, 0.717) is 16.9 Å². The number of esters is 1. The number of methoxy groups -OCH3 is 1. The average Bonchev–Trinajstić information content (AvgIpc) is 2.86. The van der Waals surface area contributed by atoms with Gasteiger partial charge in [0.2, 0.25) is 0 Å². The molecule has 0 bridgehead atoms. The lowest BCUT2D eigenvalue weighted by Crippen LogP contribution is -2.17. The van der Waals surface area contributed by atoms with Gasteiger partial charge < -0.3 is 9.47 Å². The van der Waals surface area contributed by atoms with Crippen molar-refractivity contribution in [3.05, 3.63) is 53.6 Å². The van der Waals surface area contributed by atoms with Gasteiger partial charge in [0.1, 0.15) is 4.90 Å². The molecule has 0 spiro atoms. The molecule has 26 heavy (non-hydrogen) atoms. The van der Waals surface area contributed by atoms with Gasteiger partial charge >= 0.3 is 5.97 Å². The minimum atomic E-state index is -3.70. The Labute approximate surface area is 150 Å². The molecule has 0 amide bonds. The number of hydrazone groups is 1. The van der Waals surface area contributed by atoms with E-state index in [1.54, 1.807) is 36.4 Å².